The van der Waals surface area contributed by atoms with E-state index in [1.165, 1.54) is 0 Å². The minimum Gasteiger partial charge on any atom is -0.507 e. The van der Waals surface area contributed by atoms with Gasteiger partial charge < -0.3 is 15.3 Å². The maximum atomic E-state index is 15.0. The third-order valence-corrected chi connectivity index (χ3v) is 6.19. The Bertz CT molecular complexity index is 1030. The molecule has 2 fully saturated rings. The number of nitrogens with zero attached hydrogens (tertiary/aromatic N) is 5. The van der Waals surface area contributed by atoms with Gasteiger partial charge in [0.2, 0.25) is 5.95 Å². The van der Waals surface area contributed by atoms with E-state index in [0.717, 1.165) is 36.5 Å². The van der Waals surface area contributed by atoms with Crippen LogP contribution in [-0.4, -0.2) is 56.6 Å². The lowest BCUT2D eigenvalue weighted by Crippen LogP contribution is -2.61. The summed E-state index contributed by atoms with van der Waals surface area (Å²) in [4.78, 5) is 10.3. The predicted octanol–water partition coefficient (Wildman–Crippen LogP) is 2.85. The first-order valence-corrected chi connectivity index (χ1v) is 10.00. The highest BCUT2D eigenvalue weighted by Crippen LogP contribution is 2.33. The van der Waals surface area contributed by atoms with E-state index >= 15 is 0 Å². The second kappa shape index (κ2) is 7.18. The molecule has 4 heterocycles. The molecule has 2 bridgehead atoms. The molecule has 3 aromatic rings. The van der Waals surface area contributed by atoms with E-state index in [2.05, 4.69) is 25.5 Å². The maximum absolute atomic E-state index is 15.0. The van der Waals surface area contributed by atoms with Crippen molar-refractivity contribution in [2.24, 2.45) is 0 Å². The van der Waals surface area contributed by atoms with E-state index < -0.39 is 6.17 Å². The molecule has 1 aromatic carbocycles. The number of phenolic OH excluding ortho intramolecular Hbond substituents is 1. The average Bonchev–Trinajstić information content (AvgIpc) is 2.76. The number of anilines is 1. The fraction of sp³-hybridized carbons (Fsp3) is 0.429. The minimum absolute atomic E-state index is 0.0915. The second-order valence-electron chi connectivity index (χ2n) is 7.99. The second-order valence-corrected chi connectivity index (χ2v) is 7.99. The normalized spacial score (nSPS) is 26.4. The first-order valence-electron chi connectivity index (χ1n) is 10.00. The highest BCUT2D eigenvalue weighted by molar-refractivity contribution is 5.89. The smallest absolute Gasteiger partial charge is 0.245 e. The van der Waals surface area contributed by atoms with Crippen molar-refractivity contribution < 1.29 is 9.50 Å². The third kappa shape index (κ3) is 3.27. The van der Waals surface area contributed by atoms with Gasteiger partial charge in [-0.3, -0.25) is 4.98 Å². The van der Waals surface area contributed by atoms with Crippen molar-refractivity contribution in [3.63, 3.8) is 0 Å². The van der Waals surface area contributed by atoms with Crippen LogP contribution in [0.4, 0.5) is 10.3 Å². The van der Waals surface area contributed by atoms with Crippen LogP contribution in [0.15, 0.2) is 36.8 Å². The summed E-state index contributed by atoms with van der Waals surface area (Å²) in [5.41, 5.74) is 1.02. The molecule has 0 unspecified atom stereocenters. The van der Waals surface area contributed by atoms with Crippen LogP contribution >= 0.6 is 0 Å². The quantitative estimate of drug-likeness (QED) is 0.706. The first-order chi connectivity index (χ1) is 14.1. The summed E-state index contributed by atoms with van der Waals surface area (Å²) in [5.74, 6) is 0.489. The molecule has 0 saturated carbocycles. The van der Waals surface area contributed by atoms with E-state index in [9.17, 15) is 9.50 Å². The molecular formula is C21H23FN6O. The number of rotatable bonds is 3. The van der Waals surface area contributed by atoms with Crippen LogP contribution in [0.2, 0.25) is 0 Å². The SMILES string of the molecule is CN(c1ncc(-c2cc3ccncc3cc2O)nn1)[C@@H]1C[C@@H]2CCC[C@H](N2)[C@H]1F. The van der Waals surface area contributed by atoms with Gasteiger partial charge in [-0.25, -0.2) is 9.37 Å². The summed E-state index contributed by atoms with van der Waals surface area (Å²) in [6, 6.07) is 5.36. The molecule has 2 saturated heterocycles. The van der Waals surface area contributed by atoms with Crippen LogP contribution in [0, 0.1) is 0 Å². The molecule has 0 spiro atoms. The summed E-state index contributed by atoms with van der Waals surface area (Å²) in [6.07, 6.45) is 7.79. The molecule has 0 radical (unpaired) electrons. The fourth-order valence-electron chi connectivity index (χ4n) is 4.58. The van der Waals surface area contributed by atoms with Crippen molar-refractivity contribution >= 4 is 16.7 Å². The number of nitrogens with one attached hydrogen (secondary N) is 1. The van der Waals surface area contributed by atoms with Gasteiger partial charge in [-0.15, -0.1) is 10.2 Å². The predicted molar refractivity (Wildman–Crippen MR) is 108 cm³/mol. The first kappa shape index (κ1) is 18.2. The molecule has 8 heteroatoms. The average molecular weight is 394 g/mol. The molecule has 7 nitrogen and oxygen atoms in total. The van der Waals surface area contributed by atoms with Crippen molar-refractivity contribution in [3.8, 4) is 17.0 Å². The molecule has 29 heavy (non-hydrogen) atoms. The lowest BCUT2D eigenvalue weighted by atomic mass is 9.82. The van der Waals surface area contributed by atoms with Crippen molar-refractivity contribution in [1.82, 2.24) is 25.5 Å². The Labute approximate surface area is 168 Å². The van der Waals surface area contributed by atoms with E-state index in [0.29, 0.717) is 23.2 Å². The molecular weight excluding hydrogens is 371 g/mol. The fourth-order valence-corrected chi connectivity index (χ4v) is 4.58. The van der Waals surface area contributed by atoms with Crippen LogP contribution < -0.4 is 10.2 Å². The van der Waals surface area contributed by atoms with E-state index in [1.54, 1.807) is 29.6 Å². The number of hydrogen-bond donors (Lipinski definition) is 2. The highest BCUT2D eigenvalue weighted by atomic mass is 19.1. The van der Waals surface area contributed by atoms with E-state index in [-0.39, 0.29) is 17.8 Å². The lowest BCUT2D eigenvalue weighted by molar-refractivity contribution is 0.106. The van der Waals surface area contributed by atoms with E-state index in [1.807, 2.05) is 19.2 Å². The van der Waals surface area contributed by atoms with Gasteiger partial charge in [0.1, 0.15) is 17.6 Å². The van der Waals surface area contributed by atoms with Crippen molar-refractivity contribution in [2.75, 3.05) is 11.9 Å². The molecule has 2 N–H and O–H groups in total. The van der Waals surface area contributed by atoms with Crippen LogP contribution in [0.25, 0.3) is 22.0 Å². The number of phenols is 1. The van der Waals surface area contributed by atoms with Gasteiger partial charge in [0.25, 0.3) is 0 Å². The lowest BCUT2D eigenvalue weighted by Gasteiger charge is -2.45. The summed E-state index contributed by atoms with van der Waals surface area (Å²) in [7, 11) is 1.83. The molecule has 2 aromatic heterocycles. The molecule has 2 aliphatic rings. The zero-order valence-electron chi connectivity index (χ0n) is 16.2. The summed E-state index contributed by atoms with van der Waals surface area (Å²) in [6.45, 7) is 0. The Balaban J connectivity index is 1.41. The number of alkyl halides is 1. The maximum Gasteiger partial charge on any atom is 0.245 e. The number of hydrogen-bond acceptors (Lipinski definition) is 7. The number of pyridine rings is 1. The Morgan fingerprint density at radius 1 is 1.17 bits per heavy atom. The van der Waals surface area contributed by atoms with Crippen molar-refractivity contribution in [2.45, 2.75) is 50.0 Å². The molecule has 0 amide bonds. The summed E-state index contributed by atoms with van der Waals surface area (Å²) < 4.78 is 15.0. The van der Waals surface area contributed by atoms with Gasteiger partial charge in [-0.05, 0) is 42.8 Å². The summed E-state index contributed by atoms with van der Waals surface area (Å²) in [5, 5.41) is 24.1. The molecule has 5 rings (SSSR count). The third-order valence-electron chi connectivity index (χ3n) is 6.19. The van der Waals surface area contributed by atoms with Crippen LogP contribution in [0.5, 0.6) is 5.75 Å². The molecule has 2 aliphatic heterocycles. The molecule has 0 aliphatic carbocycles. The van der Waals surface area contributed by atoms with Crippen LogP contribution in [0.1, 0.15) is 25.7 Å². The Morgan fingerprint density at radius 3 is 2.90 bits per heavy atom. The Morgan fingerprint density at radius 2 is 2.07 bits per heavy atom. The number of benzene rings is 1. The number of aromatic nitrogens is 4. The summed E-state index contributed by atoms with van der Waals surface area (Å²) >= 11 is 0. The number of fused-ring (bicyclic) bond motifs is 3. The zero-order valence-corrected chi connectivity index (χ0v) is 16.2. The standard InChI is InChI=1S/C21H23FN6O/c1-28(18-9-14-3-2-4-16(25-14)20(18)22)21-24-11-17(26-27-21)15-7-12-5-6-23-10-13(12)8-19(15)29/h5-8,10-11,14,16,18,20,25,29H,2-4,9H2,1H3/t14-,16-,18+,20+/m0/s1. The Hall–Kier alpha value is -2.87. The van der Waals surface area contributed by atoms with Gasteiger partial charge in [-0.2, -0.15) is 0 Å². The van der Waals surface area contributed by atoms with Gasteiger partial charge in [0.05, 0.1) is 12.2 Å². The van der Waals surface area contributed by atoms with Crippen LogP contribution in [0.3, 0.4) is 0 Å². The minimum atomic E-state index is -0.960. The van der Waals surface area contributed by atoms with Crippen molar-refractivity contribution in [3.05, 3.63) is 36.8 Å². The number of halogens is 1. The number of piperidine rings is 2. The van der Waals surface area contributed by atoms with Gasteiger partial charge in [0, 0.05) is 42.5 Å². The van der Waals surface area contributed by atoms with Crippen LogP contribution in [-0.2, 0) is 0 Å². The topological polar surface area (TPSA) is 87.1 Å². The molecule has 4 atom stereocenters. The highest BCUT2D eigenvalue weighted by Gasteiger charge is 2.42. The molecule has 150 valence electrons. The number of aromatic hydroxyl groups is 1. The zero-order chi connectivity index (χ0) is 20.0. The largest absolute Gasteiger partial charge is 0.507 e. The van der Waals surface area contributed by atoms with Gasteiger partial charge >= 0.3 is 0 Å². The van der Waals surface area contributed by atoms with Gasteiger partial charge in [0.15, 0.2) is 0 Å². The van der Waals surface area contributed by atoms with Crippen molar-refractivity contribution in [1.29, 1.82) is 0 Å². The monoisotopic (exact) mass is 394 g/mol. The Kier molecular flexibility index (Phi) is 4.50. The van der Waals surface area contributed by atoms with E-state index in [4.69, 9.17) is 0 Å². The van der Waals surface area contributed by atoms with Gasteiger partial charge in [-0.1, -0.05) is 6.42 Å².